The zero-order chi connectivity index (χ0) is 13.1. The fourth-order valence-electron chi connectivity index (χ4n) is 2.38. The van der Waals surface area contributed by atoms with E-state index in [9.17, 15) is 0 Å². The van der Waals surface area contributed by atoms with Crippen molar-refractivity contribution in [2.45, 2.75) is 19.4 Å². The lowest BCUT2D eigenvalue weighted by Gasteiger charge is -2.18. The minimum absolute atomic E-state index is 0.782. The van der Waals surface area contributed by atoms with Crippen LogP contribution in [0, 0.1) is 0 Å². The Hall–Kier alpha value is -2.16. The Kier molecular flexibility index (Phi) is 3.27. The van der Waals surface area contributed by atoms with Crippen molar-refractivity contribution in [1.82, 2.24) is 0 Å². The third kappa shape index (κ3) is 2.81. The molecular weight excluding hydrogens is 236 g/mol. The third-order valence-corrected chi connectivity index (χ3v) is 3.36. The lowest BCUT2D eigenvalue weighted by molar-refractivity contribution is 0.288. The molecule has 3 nitrogen and oxygen atoms in total. The summed E-state index contributed by atoms with van der Waals surface area (Å²) in [5, 5.41) is 3.43. The van der Waals surface area contributed by atoms with Gasteiger partial charge < -0.3 is 15.8 Å². The van der Waals surface area contributed by atoms with Gasteiger partial charge in [-0.2, -0.15) is 0 Å². The zero-order valence-electron chi connectivity index (χ0n) is 10.9. The van der Waals surface area contributed by atoms with Gasteiger partial charge in [-0.3, -0.25) is 0 Å². The highest BCUT2D eigenvalue weighted by Gasteiger charge is 2.10. The predicted molar refractivity (Wildman–Crippen MR) is 78.4 cm³/mol. The van der Waals surface area contributed by atoms with Crippen molar-refractivity contribution < 1.29 is 4.74 Å². The zero-order valence-corrected chi connectivity index (χ0v) is 10.9. The van der Waals surface area contributed by atoms with Crippen molar-refractivity contribution in [1.29, 1.82) is 0 Å². The number of aryl methyl sites for hydroxylation is 1. The third-order valence-electron chi connectivity index (χ3n) is 3.36. The van der Waals surface area contributed by atoms with Gasteiger partial charge in [0.25, 0.3) is 0 Å². The fraction of sp³-hybridized carbons (Fsp3) is 0.250. The number of nitrogens with one attached hydrogen (secondary N) is 1. The van der Waals surface area contributed by atoms with Crippen LogP contribution in [0.5, 0.6) is 5.75 Å². The van der Waals surface area contributed by atoms with Gasteiger partial charge in [0.15, 0.2) is 0 Å². The number of rotatable bonds is 3. The average molecular weight is 254 g/mol. The molecule has 3 N–H and O–H groups in total. The Morgan fingerprint density at radius 1 is 1.16 bits per heavy atom. The first-order valence-corrected chi connectivity index (χ1v) is 6.65. The summed E-state index contributed by atoms with van der Waals surface area (Å²) >= 11 is 0. The van der Waals surface area contributed by atoms with E-state index in [1.165, 1.54) is 11.1 Å². The molecule has 0 unspecified atom stereocenters. The molecule has 98 valence electrons. The Morgan fingerprint density at radius 2 is 2.11 bits per heavy atom. The van der Waals surface area contributed by atoms with Gasteiger partial charge in [-0.1, -0.05) is 12.1 Å². The first kappa shape index (κ1) is 11.9. The summed E-state index contributed by atoms with van der Waals surface area (Å²) < 4.78 is 5.61. The van der Waals surface area contributed by atoms with E-state index in [0.29, 0.717) is 0 Å². The van der Waals surface area contributed by atoms with E-state index in [4.69, 9.17) is 10.5 Å². The fourth-order valence-corrected chi connectivity index (χ4v) is 2.38. The highest BCUT2D eigenvalue weighted by atomic mass is 16.5. The summed E-state index contributed by atoms with van der Waals surface area (Å²) in [5.41, 5.74) is 10.2. The van der Waals surface area contributed by atoms with Crippen LogP contribution in [0.25, 0.3) is 0 Å². The second-order valence-electron chi connectivity index (χ2n) is 4.87. The molecule has 1 heterocycles. The number of hydrogen-bond donors (Lipinski definition) is 2. The maximum absolute atomic E-state index is 5.77. The van der Waals surface area contributed by atoms with E-state index >= 15 is 0 Å². The van der Waals surface area contributed by atoms with Crippen LogP contribution in [0.4, 0.5) is 11.4 Å². The van der Waals surface area contributed by atoms with Gasteiger partial charge in [0.1, 0.15) is 5.75 Å². The van der Waals surface area contributed by atoms with Crippen LogP contribution in [0.3, 0.4) is 0 Å². The molecule has 0 bridgehead atoms. The Balaban J connectivity index is 1.70. The van der Waals surface area contributed by atoms with E-state index < -0.39 is 0 Å². The van der Waals surface area contributed by atoms with Gasteiger partial charge >= 0.3 is 0 Å². The lowest BCUT2D eigenvalue weighted by atomic mass is 10.1. The van der Waals surface area contributed by atoms with Crippen LogP contribution in [0.2, 0.25) is 0 Å². The first-order chi connectivity index (χ1) is 9.31. The monoisotopic (exact) mass is 254 g/mol. The van der Waals surface area contributed by atoms with E-state index in [2.05, 4.69) is 29.6 Å². The predicted octanol–water partition coefficient (Wildman–Crippen LogP) is 3.21. The van der Waals surface area contributed by atoms with Crippen LogP contribution in [-0.4, -0.2) is 6.61 Å². The maximum atomic E-state index is 5.77. The minimum atomic E-state index is 0.782. The van der Waals surface area contributed by atoms with Crippen molar-refractivity contribution in [2.75, 3.05) is 17.7 Å². The standard InChI is InChI=1S/C16H18N2O/c17-14-5-1-3-12(9-14)11-18-15-6-7-16-13(10-15)4-2-8-19-16/h1,3,5-7,9-10,18H,2,4,8,11,17H2. The van der Waals surface area contributed by atoms with Gasteiger partial charge in [-0.15, -0.1) is 0 Å². The van der Waals surface area contributed by atoms with Crippen molar-refractivity contribution in [2.24, 2.45) is 0 Å². The molecule has 0 saturated carbocycles. The number of ether oxygens (including phenoxy) is 1. The van der Waals surface area contributed by atoms with Crippen molar-refractivity contribution in [3.05, 3.63) is 53.6 Å². The van der Waals surface area contributed by atoms with Crippen molar-refractivity contribution in [3.8, 4) is 5.75 Å². The lowest BCUT2D eigenvalue weighted by Crippen LogP contribution is -2.09. The molecule has 0 spiro atoms. The molecule has 3 heteroatoms. The largest absolute Gasteiger partial charge is 0.493 e. The molecule has 0 amide bonds. The first-order valence-electron chi connectivity index (χ1n) is 6.65. The van der Waals surface area contributed by atoms with E-state index in [1.54, 1.807) is 0 Å². The molecule has 1 aliphatic rings. The molecule has 1 aliphatic heterocycles. The molecule has 0 fully saturated rings. The molecule has 0 aromatic heterocycles. The van der Waals surface area contributed by atoms with Gasteiger partial charge in [0, 0.05) is 17.9 Å². The molecule has 0 radical (unpaired) electrons. The summed E-state index contributed by atoms with van der Waals surface area (Å²) in [7, 11) is 0. The molecule has 3 rings (SSSR count). The molecule has 2 aromatic rings. The number of nitrogens with two attached hydrogens (primary N) is 1. The molecule has 0 saturated heterocycles. The summed E-state index contributed by atoms with van der Waals surface area (Å²) in [6.45, 7) is 1.62. The quantitative estimate of drug-likeness (QED) is 0.827. The minimum Gasteiger partial charge on any atom is -0.493 e. The highest BCUT2D eigenvalue weighted by Crippen LogP contribution is 2.27. The Bertz CT molecular complexity index is 581. The van der Waals surface area contributed by atoms with E-state index in [-0.39, 0.29) is 0 Å². The number of benzene rings is 2. The highest BCUT2D eigenvalue weighted by molar-refractivity contribution is 5.52. The number of nitrogen functional groups attached to an aromatic ring is 1. The molecule has 0 atom stereocenters. The second-order valence-corrected chi connectivity index (χ2v) is 4.87. The van der Waals surface area contributed by atoms with Crippen LogP contribution in [0.1, 0.15) is 17.5 Å². The number of fused-ring (bicyclic) bond motifs is 1. The van der Waals surface area contributed by atoms with Crippen molar-refractivity contribution >= 4 is 11.4 Å². The Morgan fingerprint density at radius 3 is 3.00 bits per heavy atom. The van der Waals surface area contributed by atoms with E-state index in [0.717, 1.165) is 43.1 Å². The smallest absolute Gasteiger partial charge is 0.122 e. The summed E-state index contributed by atoms with van der Waals surface area (Å²) in [4.78, 5) is 0. The van der Waals surface area contributed by atoms with Crippen molar-refractivity contribution in [3.63, 3.8) is 0 Å². The number of anilines is 2. The SMILES string of the molecule is Nc1cccc(CNc2ccc3c(c2)CCCO3)c1. The summed E-state index contributed by atoms with van der Waals surface area (Å²) in [6.07, 6.45) is 2.20. The van der Waals surface area contributed by atoms with Crippen LogP contribution in [-0.2, 0) is 13.0 Å². The number of hydrogen-bond acceptors (Lipinski definition) is 3. The maximum Gasteiger partial charge on any atom is 0.122 e. The normalized spacial score (nSPS) is 13.5. The summed E-state index contributed by atoms with van der Waals surface area (Å²) in [5.74, 6) is 1.03. The van der Waals surface area contributed by atoms with Crippen LogP contribution >= 0.6 is 0 Å². The summed E-state index contributed by atoms with van der Waals surface area (Å²) in [6, 6.07) is 14.2. The van der Waals surface area contributed by atoms with Crippen LogP contribution in [0.15, 0.2) is 42.5 Å². The van der Waals surface area contributed by atoms with Crippen LogP contribution < -0.4 is 15.8 Å². The van der Waals surface area contributed by atoms with Gasteiger partial charge in [0.05, 0.1) is 6.61 Å². The van der Waals surface area contributed by atoms with Gasteiger partial charge in [-0.05, 0) is 54.3 Å². The van der Waals surface area contributed by atoms with Gasteiger partial charge in [-0.25, -0.2) is 0 Å². The molecule has 0 aliphatic carbocycles. The molecular formula is C16H18N2O. The molecule has 19 heavy (non-hydrogen) atoms. The van der Waals surface area contributed by atoms with Gasteiger partial charge in [0.2, 0.25) is 0 Å². The second kappa shape index (κ2) is 5.22. The Labute approximate surface area is 113 Å². The van der Waals surface area contributed by atoms with E-state index in [1.807, 2.05) is 18.2 Å². The topological polar surface area (TPSA) is 47.3 Å². The molecule has 2 aromatic carbocycles. The average Bonchev–Trinajstić information content (AvgIpc) is 2.45.